The van der Waals surface area contributed by atoms with Crippen molar-refractivity contribution in [3.05, 3.63) is 88.9 Å². The second-order valence-corrected chi connectivity index (χ2v) is 6.00. The van der Waals surface area contributed by atoms with Gasteiger partial charge in [0.25, 0.3) is 5.91 Å². The third-order valence-corrected chi connectivity index (χ3v) is 4.17. The number of rotatable bonds is 6. The molecule has 0 bridgehead atoms. The van der Waals surface area contributed by atoms with Crippen molar-refractivity contribution in [1.82, 2.24) is 0 Å². The minimum absolute atomic E-state index is 0.198. The Morgan fingerprint density at radius 3 is 2.46 bits per heavy atom. The predicted octanol–water partition coefficient (Wildman–Crippen LogP) is 5.18. The molecule has 0 unspecified atom stereocenters. The summed E-state index contributed by atoms with van der Waals surface area (Å²) < 4.78 is 10.9. The van der Waals surface area contributed by atoms with Crippen LogP contribution in [0.15, 0.2) is 72.8 Å². The highest BCUT2D eigenvalue weighted by molar-refractivity contribution is 6.31. The summed E-state index contributed by atoms with van der Waals surface area (Å²) >= 11 is 6.11. The third kappa shape index (κ3) is 4.55. The molecule has 0 radical (unpaired) electrons. The van der Waals surface area contributed by atoms with Crippen molar-refractivity contribution in [2.24, 2.45) is 0 Å². The summed E-state index contributed by atoms with van der Waals surface area (Å²) in [5, 5.41) is 3.51. The number of hydrogen-bond acceptors (Lipinski definition) is 3. The molecule has 3 rings (SSSR count). The maximum absolute atomic E-state index is 12.3. The predicted molar refractivity (Wildman–Crippen MR) is 103 cm³/mol. The van der Waals surface area contributed by atoms with Gasteiger partial charge in [-0.05, 0) is 42.5 Å². The Morgan fingerprint density at radius 2 is 1.73 bits per heavy atom. The fraction of sp³-hybridized carbons (Fsp3) is 0.0952. The van der Waals surface area contributed by atoms with Crippen LogP contribution in [-0.2, 0) is 6.61 Å². The van der Waals surface area contributed by atoms with E-state index in [2.05, 4.69) is 5.32 Å². The molecule has 0 saturated heterocycles. The van der Waals surface area contributed by atoms with Gasteiger partial charge in [0.15, 0.2) is 0 Å². The van der Waals surface area contributed by atoms with E-state index in [9.17, 15) is 4.79 Å². The quantitative estimate of drug-likeness (QED) is 0.653. The molecule has 0 heterocycles. The van der Waals surface area contributed by atoms with Crippen LogP contribution >= 0.6 is 11.6 Å². The van der Waals surface area contributed by atoms with Crippen LogP contribution in [0.3, 0.4) is 0 Å². The van der Waals surface area contributed by atoms with Gasteiger partial charge < -0.3 is 14.8 Å². The van der Waals surface area contributed by atoms with Gasteiger partial charge in [-0.3, -0.25) is 4.79 Å². The van der Waals surface area contributed by atoms with E-state index in [0.717, 1.165) is 5.56 Å². The van der Waals surface area contributed by atoms with Gasteiger partial charge in [0.1, 0.15) is 18.1 Å². The van der Waals surface area contributed by atoms with Crippen LogP contribution in [0.4, 0.5) is 5.69 Å². The summed E-state index contributed by atoms with van der Waals surface area (Å²) in [5.41, 5.74) is 2.13. The van der Waals surface area contributed by atoms with Crippen LogP contribution in [0.5, 0.6) is 11.5 Å². The largest absolute Gasteiger partial charge is 0.497 e. The molecule has 0 aromatic heterocycles. The molecule has 3 aromatic rings. The second-order valence-electron chi connectivity index (χ2n) is 5.59. The minimum atomic E-state index is -0.198. The highest BCUT2D eigenvalue weighted by Gasteiger charge is 2.07. The number of carbonyl (C=O) groups excluding carboxylic acids is 1. The second kappa shape index (κ2) is 8.41. The molecule has 3 aromatic carbocycles. The lowest BCUT2D eigenvalue weighted by atomic mass is 10.2. The number of hydrogen-bond donors (Lipinski definition) is 1. The van der Waals surface area contributed by atoms with Gasteiger partial charge in [0.2, 0.25) is 0 Å². The lowest BCUT2D eigenvalue weighted by Crippen LogP contribution is -2.11. The van der Waals surface area contributed by atoms with Crippen LogP contribution in [0.1, 0.15) is 15.9 Å². The summed E-state index contributed by atoms with van der Waals surface area (Å²) in [6, 6.07) is 21.7. The van der Waals surface area contributed by atoms with E-state index in [1.807, 2.05) is 42.5 Å². The standard InChI is InChI=1S/C21H18ClNO3/c1-25-19-7-4-6-17(13-19)23-21(24)15-9-11-18(12-10-15)26-14-16-5-2-3-8-20(16)22/h2-13H,14H2,1H3,(H,23,24). The number of halogens is 1. The molecule has 1 N–H and O–H groups in total. The molecule has 4 nitrogen and oxygen atoms in total. The highest BCUT2D eigenvalue weighted by Crippen LogP contribution is 2.20. The van der Waals surface area contributed by atoms with E-state index in [4.69, 9.17) is 21.1 Å². The third-order valence-electron chi connectivity index (χ3n) is 3.80. The maximum Gasteiger partial charge on any atom is 0.255 e. The van der Waals surface area contributed by atoms with E-state index >= 15 is 0 Å². The first kappa shape index (κ1) is 17.8. The monoisotopic (exact) mass is 367 g/mol. The number of carbonyl (C=O) groups is 1. The summed E-state index contributed by atoms with van der Waals surface area (Å²) in [6.45, 7) is 0.370. The molecule has 0 saturated carbocycles. The van der Waals surface area contributed by atoms with Crippen molar-refractivity contribution < 1.29 is 14.3 Å². The Hall–Kier alpha value is -2.98. The van der Waals surface area contributed by atoms with E-state index in [1.54, 1.807) is 37.4 Å². The van der Waals surface area contributed by atoms with Gasteiger partial charge in [0, 0.05) is 27.9 Å². The molecular formula is C21H18ClNO3. The highest BCUT2D eigenvalue weighted by atomic mass is 35.5. The normalized spacial score (nSPS) is 10.2. The zero-order valence-corrected chi connectivity index (χ0v) is 15.0. The van der Waals surface area contributed by atoms with Gasteiger partial charge in [-0.2, -0.15) is 0 Å². The van der Waals surface area contributed by atoms with Crippen LogP contribution in [-0.4, -0.2) is 13.0 Å². The Morgan fingerprint density at radius 1 is 0.962 bits per heavy atom. The Kier molecular flexibility index (Phi) is 5.77. The average molecular weight is 368 g/mol. The summed E-state index contributed by atoms with van der Waals surface area (Å²) in [4.78, 5) is 12.3. The van der Waals surface area contributed by atoms with Crippen molar-refractivity contribution in [3.63, 3.8) is 0 Å². The number of nitrogens with one attached hydrogen (secondary N) is 1. The van der Waals surface area contributed by atoms with Crippen LogP contribution in [0.25, 0.3) is 0 Å². The molecule has 0 fully saturated rings. The van der Waals surface area contributed by atoms with Crippen LogP contribution in [0, 0.1) is 0 Å². The number of ether oxygens (including phenoxy) is 2. The van der Waals surface area contributed by atoms with E-state index in [1.165, 1.54) is 0 Å². The zero-order valence-electron chi connectivity index (χ0n) is 14.2. The minimum Gasteiger partial charge on any atom is -0.497 e. The molecule has 26 heavy (non-hydrogen) atoms. The first-order valence-corrected chi connectivity index (χ1v) is 8.45. The average Bonchev–Trinajstić information content (AvgIpc) is 2.68. The molecule has 132 valence electrons. The van der Waals surface area contributed by atoms with Crippen LogP contribution < -0.4 is 14.8 Å². The first-order chi connectivity index (χ1) is 12.7. The number of benzene rings is 3. The van der Waals surface area contributed by atoms with Crippen molar-refractivity contribution in [2.75, 3.05) is 12.4 Å². The Balaban J connectivity index is 1.61. The number of amides is 1. The smallest absolute Gasteiger partial charge is 0.255 e. The summed E-state index contributed by atoms with van der Waals surface area (Å²) in [5.74, 6) is 1.16. The van der Waals surface area contributed by atoms with Gasteiger partial charge >= 0.3 is 0 Å². The molecule has 0 aliphatic rings. The molecule has 0 atom stereocenters. The SMILES string of the molecule is COc1cccc(NC(=O)c2ccc(OCc3ccccc3Cl)cc2)c1. The number of anilines is 1. The van der Waals surface area contributed by atoms with Crippen molar-refractivity contribution >= 4 is 23.2 Å². The zero-order chi connectivity index (χ0) is 18.4. The fourth-order valence-electron chi connectivity index (χ4n) is 2.38. The maximum atomic E-state index is 12.3. The topological polar surface area (TPSA) is 47.6 Å². The van der Waals surface area contributed by atoms with Gasteiger partial charge in [0.05, 0.1) is 7.11 Å². The van der Waals surface area contributed by atoms with Gasteiger partial charge in [-0.15, -0.1) is 0 Å². The van der Waals surface area contributed by atoms with Crippen molar-refractivity contribution in [3.8, 4) is 11.5 Å². The lowest BCUT2D eigenvalue weighted by Gasteiger charge is -2.09. The van der Waals surface area contributed by atoms with Gasteiger partial charge in [-0.25, -0.2) is 0 Å². The van der Waals surface area contributed by atoms with Crippen LogP contribution in [0.2, 0.25) is 5.02 Å². The fourth-order valence-corrected chi connectivity index (χ4v) is 2.57. The van der Waals surface area contributed by atoms with E-state index in [0.29, 0.717) is 34.4 Å². The Labute approximate surface area is 157 Å². The lowest BCUT2D eigenvalue weighted by molar-refractivity contribution is 0.102. The van der Waals surface area contributed by atoms with E-state index in [-0.39, 0.29) is 5.91 Å². The molecule has 0 aliphatic heterocycles. The summed E-state index contributed by atoms with van der Waals surface area (Å²) in [7, 11) is 1.59. The summed E-state index contributed by atoms with van der Waals surface area (Å²) in [6.07, 6.45) is 0. The number of methoxy groups -OCH3 is 1. The molecule has 0 aliphatic carbocycles. The van der Waals surface area contributed by atoms with Crippen molar-refractivity contribution in [1.29, 1.82) is 0 Å². The molecule has 0 spiro atoms. The molecular weight excluding hydrogens is 350 g/mol. The molecule has 5 heteroatoms. The van der Waals surface area contributed by atoms with Gasteiger partial charge in [-0.1, -0.05) is 35.9 Å². The molecule has 1 amide bonds. The van der Waals surface area contributed by atoms with E-state index < -0.39 is 0 Å². The Bertz CT molecular complexity index is 894. The first-order valence-electron chi connectivity index (χ1n) is 8.07. The van der Waals surface area contributed by atoms with Crippen molar-refractivity contribution in [2.45, 2.75) is 6.61 Å².